The number of hydrogen-bond acceptors (Lipinski definition) is 3. The summed E-state index contributed by atoms with van der Waals surface area (Å²) in [5, 5.41) is 0. The maximum atomic E-state index is 10.5. The van der Waals surface area contributed by atoms with Crippen molar-refractivity contribution in [1.82, 2.24) is 0 Å². The second-order valence-corrected chi connectivity index (χ2v) is 2.59. The Kier molecular flexibility index (Phi) is 5.12. The fraction of sp³-hybridized carbons (Fsp3) is 0.625. The van der Waals surface area contributed by atoms with Crippen LogP contribution >= 0.6 is 0 Å². The van der Waals surface area contributed by atoms with Crippen molar-refractivity contribution in [3.8, 4) is 0 Å². The van der Waals surface area contributed by atoms with Crippen LogP contribution in [0.5, 0.6) is 0 Å². The number of hydrogen-bond donors (Lipinski definition) is 2. The fourth-order valence-electron chi connectivity index (χ4n) is 0.680. The number of rotatable bonds is 5. The molecule has 0 fully saturated rings. The van der Waals surface area contributed by atoms with Gasteiger partial charge in [0.1, 0.15) is 0 Å². The Balaban J connectivity index is 3.90. The lowest BCUT2D eigenvalue weighted by Crippen LogP contribution is -2.28. The van der Waals surface area contributed by atoms with E-state index >= 15 is 0 Å². The fourth-order valence-corrected chi connectivity index (χ4v) is 0.680. The molecule has 0 aromatic heterocycles. The van der Waals surface area contributed by atoms with Crippen LogP contribution in [0.1, 0.15) is 20.3 Å². The molecule has 12 heavy (non-hydrogen) atoms. The van der Waals surface area contributed by atoms with E-state index in [1.54, 1.807) is 6.26 Å². The molecule has 0 aliphatic carbocycles. The highest BCUT2D eigenvalue weighted by Gasteiger charge is 2.07. The van der Waals surface area contributed by atoms with E-state index in [1.807, 2.05) is 13.8 Å². The summed E-state index contributed by atoms with van der Waals surface area (Å²) in [4.78, 5) is 10.5. The van der Waals surface area contributed by atoms with E-state index in [1.165, 1.54) is 0 Å². The zero-order chi connectivity index (χ0) is 9.56. The van der Waals surface area contributed by atoms with Crippen LogP contribution in [0, 0.1) is 0 Å². The SMILES string of the molecule is CCO/C=C(\C)C(N)CC(N)=O. The summed E-state index contributed by atoms with van der Waals surface area (Å²) in [6.45, 7) is 4.29. The van der Waals surface area contributed by atoms with Gasteiger partial charge in [-0.2, -0.15) is 0 Å². The lowest BCUT2D eigenvalue weighted by atomic mass is 10.1. The van der Waals surface area contributed by atoms with Gasteiger partial charge in [0, 0.05) is 12.5 Å². The average Bonchev–Trinajstić information content (AvgIpc) is 1.98. The lowest BCUT2D eigenvalue weighted by molar-refractivity contribution is -0.118. The molecule has 4 nitrogen and oxygen atoms in total. The second kappa shape index (κ2) is 5.60. The van der Waals surface area contributed by atoms with Gasteiger partial charge < -0.3 is 16.2 Å². The maximum Gasteiger partial charge on any atom is 0.219 e. The van der Waals surface area contributed by atoms with E-state index in [9.17, 15) is 4.79 Å². The van der Waals surface area contributed by atoms with Gasteiger partial charge in [0.25, 0.3) is 0 Å². The first kappa shape index (κ1) is 11.0. The summed E-state index contributed by atoms with van der Waals surface area (Å²) in [6, 6.07) is -0.325. The van der Waals surface area contributed by atoms with Crippen LogP contribution in [0.4, 0.5) is 0 Å². The highest BCUT2D eigenvalue weighted by molar-refractivity contribution is 5.74. The number of carbonyl (C=O) groups is 1. The molecule has 1 unspecified atom stereocenters. The van der Waals surface area contributed by atoms with Crippen LogP contribution in [-0.2, 0) is 9.53 Å². The molecule has 0 heterocycles. The molecule has 0 saturated carbocycles. The number of nitrogens with two attached hydrogens (primary N) is 2. The molecule has 0 bridgehead atoms. The van der Waals surface area contributed by atoms with Gasteiger partial charge >= 0.3 is 0 Å². The molecule has 1 atom stereocenters. The minimum Gasteiger partial charge on any atom is -0.501 e. The molecule has 0 rings (SSSR count). The molecule has 1 amide bonds. The zero-order valence-electron chi connectivity index (χ0n) is 7.54. The predicted octanol–water partition coefficient (Wildman–Crippen LogP) is 0.129. The van der Waals surface area contributed by atoms with Crippen molar-refractivity contribution in [2.75, 3.05) is 6.61 Å². The maximum absolute atomic E-state index is 10.5. The molecule has 0 aromatic rings. The van der Waals surface area contributed by atoms with E-state index in [0.29, 0.717) is 6.61 Å². The van der Waals surface area contributed by atoms with Crippen LogP contribution in [-0.4, -0.2) is 18.6 Å². The highest BCUT2D eigenvalue weighted by atomic mass is 16.5. The van der Waals surface area contributed by atoms with Gasteiger partial charge in [-0.3, -0.25) is 4.79 Å². The van der Waals surface area contributed by atoms with Crippen LogP contribution < -0.4 is 11.5 Å². The van der Waals surface area contributed by atoms with Gasteiger partial charge in [0.15, 0.2) is 0 Å². The lowest BCUT2D eigenvalue weighted by Gasteiger charge is -2.09. The molecule has 70 valence electrons. The van der Waals surface area contributed by atoms with E-state index in [2.05, 4.69) is 0 Å². The summed E-state index contributed by atoms with van der Waals surface area (Å²) in [7, 11) is 0. The molecule has 0 radical (unpaired) electrons. The van der Waals surface area contributed by atoms with Crippen LogP contribution in [0.15, 0.2) is 11.8 Å². The van der Waals surface area contributed by atoms with E-state index in [4.69, 9.17) is 16.2 Å². The highest BCUT2D eigenvalue weighted by Crippen LogP contribution is 2.02. The first-order valence-electron chi connectivity index (χ1n) is 3.90. The summed E-state index contributed by atoms with van der Waals surface area (Å²) in [6.07, 6.45) is 1.73. The molecule has 0 aliphatic heterocycles. The number of primary amides is 1. The van der Waals surface area contributed by atoms with Gasteiger partial charge in [0.2, 0.25) is 5.91 Å². The van der Waals surface area contributed by atoms with Crippen LogP contribution in [0.3, 0.4) is 0 Å². The average molecular weight is 172 g/mol. The first-order valence-corrected chi connectivity index (χ1v) is 3.90. The number of amides is 1. The van der Waals surface area contributed by atoms with Crippen LogP contribution in [0.2, 0.25) is 0 Å². The normalized spacial score (nSPS) is 14.1. The quantitative estimate of drug-likeness (QED) is 0.578. The molecular formula is C8H16N2O2. The van der Waals surface area contributed by atoms with E-state index < -0.39 is 5.91 Å². The molecular weight excluding hydrogens is 156 g/mol. The van der Waals surface area contributed by atoms with Crippen LogP contribution in [0.25, 0.3) is 0 Å². The third kappa shape index (κ3) is 4.73. The minimum absolute atomic E-state index is 0.162. The largest absolute Gasteiger partial charge is 0.501 e. The first-order chi connectivity index (χ1) is 5.57. The van der Waals surface area contributed by atoms with Crippen molar-refractivity contribution >= 4 is 5.91 Å². The summed E-state index contributed by atoms with van der Waals surface area (Å²) >= 11 is 0. The molecule has 0 spiro atoms. The molecule has 0 aliphatic rings. The minimum atomic E-state index is -0.397. The molecule has 4 heteroatoms. The molecule has 0 saturated heterocycles. The van der Waals surface area contributed by atoms with Gasteiger partial charge in [-0.1, -0.05) is 0 Å². The third-order valence-corrected chi connectivity index (χ3v) is 1.44. The Bertz CT molecular complexity index is 178. The Hall–Kier alpha value is -1.03. The zero-order valence-corrected chi connectivity index (χ0v) is 7.54. The van der Waals surface area contributed by atoms with Gasteiger partial charge in [0.05, 0.1) is 12.9 Å². The Morgan fingerprint density at radius 3 is 2.67 bits per heavy atom. The standard InChI is InChI=1S/C8H16N2O2/c1-3-12-5-6(2)7(9)4-8(10)11/h5,7H,3-4,9H2,1-2H3,(H2,10,11)/b6-5+. The predicted molar refractivity (Wildman–Crippen MR) is 47.2 cm³/mol. The van der Waals surface area contributed by atoms with Crippen molar-refractivity contribution in [2.45, 2.75) is 26.3 Å². The smallest absolute Gasteiger partial charge is 0.219 e. The third-order valence-electron chi connectivity index (χ3n) is 1.44. The van der Waals surface area contributed by atoms with E-state index in [0.717, 1.165) is 5.57 Å². The number of ether oxygens (including phenoxy) is 1. The monoisotopic (exact) mass is 172 g/mol. The summed E-state index contributed by atoms with van der Waals surface area (Å²) < 4.78 is 5.00. The second-order valence-electron chi connectivity index (χ2n) is 2.59. The Morgan fingerprint density at radius 1 is 1.67 bits per heavy atom. The van der Waals surface area contributed by atoms with Crippen molar-refractivity contribution in [3.05, 3.63) is 11.8 Å². The molecule has 0 aromatic carbocycles. The van der Waals surface area contributed by atoms with Gasteiger partial charge in [-0.25, -0.2) is 0 Å². The Labute approximate surface area is 72.6 Å². The van der Waals surface area contributed by atoms with Gasteiger partial charge in [-0.05, 0) is 19.4 Å². The Morgan fingerprint density at radius 2 is 2.25 bits per heavy atom. The number of carbonyl (C=O) groups excluding carboxylic acids is 1. The van der Waals surface area contributed by atoms with Crippen molar-refractivity contribution < 1.29 is 9.53 Å². The topological polar surface area (TPSA) is 78.3 Å². The summed E-state index contributed by atoms with van der Waals surface area (Å²) in [5.74, 6) is -0.397. The van der Waals surface area contributed by atoms with Crippen molar-refractivity contribution in [2.24, 2.45) is 11.5 Å². The summed E-state index contributed by atoms with van der Waals surface area (Å²) in [5.41, 5.74) is 11.4. The van der Waals surface area contributed by atoms with Crippen molar-refractivity contribution in [1.29, 1.82) is 0 Å². The molecule has 4 N–H and O–H groups in total. The van der Waals surface area contributed by atoms with Crippen molar-refractivity contribution in [3.63, 3.8) is 0 Å². The van der Waals surface area contributed by atoms with Gasteiger partial charge in [-0.15, -0.1) is 0 Å². The van der Waals surface area contributed by atoms with E-state index in [-0.39, 0.29) is 12.5 Å².